The fraction of sp³-hybridized carbons (Fsp3) is 0.267. The number of aromatic carboxylic acids is 1. The lowest BCUT2D eigenvalue weighted by atomic mass is 10.2. The van der Waals surface area contributed by atoms with Gasteiger partial charge in [-0.3, -0.25) is 4.57 Å². The van der Waals surface area contributed by atoms with Crippen molar-refractivity contribution in [2.24, 2.45) is 0 Å². The average Bonchev–Trinajstić information content (AvgIpc) is 2.86. The van der Waals surface area contributed by atoms with E-state index in [-0.39, 0.29) is 5.69 Å². The molecule has 2 aromatic rings. The number of ether oxygens (including phenoxy) is 1. The molecular weight excluding hydrogens is 272 g/mol. The molecule has 0 amide bonds. The van der Waals surface area contributed by atoms with Crippen LogP contribution in [0.4, 0.5) is 4.79 Å². The minimum Gasteiger partial charge on any atom is -0.477 e. The Morgan fingerprint density at radius 2 is 1.90 bits per heavy atom. The molecule has 0 saturated carbocycles. The van der Waals surface area contributed by atoms with Gasteiger partial charge in [0.05, 0.1) is 11.4 Å². The van der Waals surface area contributed by atoms with E-state index in [1.807, 2.05) is 0 Å². The van der Waals surface area contributed by atoms with Crippen molar-refractivity contribution in [2.75, 3.05) is 0 Å². The van der Waals surface area contributed by atoms with E-state index >= 15 is 0 Å². The van der Waals surface area contributed by atoms with Gasteiger partial charge < -0.3 is 9.84 Å². The van der Waals surface area contributed by atoms with E-state index in [2.05, 4.69) is 4.98 Å². The first kappa shape index (κ1) is 14.8. The lowest BCUT2D eigenvalue weighted by Gasteiger charge is -2.20. The fourth-order valence-corrected chi connectivity index (χ4v) is 1.76. The van der Waals surface area contributed by atoms with Crippen molar-refractivity contribution >= 4 is 12.1 Å². The molecule has 0 saturated heterocycles. The van der Waals surface area contributed by atoms with Crippen molar-refractivity contribution in [3.8, 4) is 11.4 Å². The molecule has 0 radical (unpaired) electrons. The molecule has 0 fully saturated rings. The highest BCUT2D eigenvalue weighted by Gasteiger charge is 2.20. The summed E-state index contributed by atoms with van der Waals surface area (Å²) in [5.74, 6) is -1.12. The van der Waals surface area contributed by atoms with Crippen molar-refractivity contribution in [1.82, 2.24) is 9.55 Å². The molecule has 6 heteroatoms. The molecule has 6 nitrogen and oxygen atoms in total. The molecule has 0 aliphatic carbocycles. The number of rotatable bonds is 2. The quantitative estimate of drug-likeness (QED) is 0.918. The van der Waals surface area contributed by atoms with Gasteiger partial charge >= 0.3 is 12.1 Å². The van der Waals surface area contributed by atoms with Crippen LogP contribution in [-0.2, 0) is 4.74 Å². The molecule has 0 aromatic carbocycles. The summed E-state index contributed by atoms with van der Waals surface area (Å²) < 4.78 is 6.61. The van der Waals surface area contributed by atoms with E-state index < -0.39 is 17.7 Å². The molecule has 1 N–H and O–H groups in total. The Kier molecular flexibility index (Phi) is 3.80. The Balaban J connectivity index is 2.39. The number of carbonyl (C=O) groups is 2. The lowest BCUT2D eigenvalue weighted by Crippen LogP contribution is -2.27. The maximum atomic E-state index is 12.1. The lowest BCUT2D eigenvalue weighted by molar-refractivity contribution is 0.0539. The predicted molar refractivity (Wildman–Crippen MR) is 76.3 cm³/mol. The van der Waals surface area contributed by atoms with Crippen molar-refractivity contribution in [2.45, 2.75) is 26.4 Å². The highest BCUT2D eigenvalue weighted by Crippen LogP contribution is 2.20. The van der Waals surface area contributed by atoms with Crippen molar-refractivity contribution in [3.05, 3.63) is 42.2 Å². The zero-order valence-electron chi connectivity index (χ0n) is 12.0. The second-order valence-corrected chi connectivity index (χ2v) is 5.46. The third kappa shape index (κ3) is 3.47. The molecule has 21 heavy (non-hydrogen) atoms. The third-order valence-corrected chi connectivity index (χ3v) is 2.57. The number of carboxylic acid groups (broad SMARTS) is 1. The van der Waals surface area contributed by atoms with Crippen LogP contribution < -0.4 is 0 Å². The van der Waals surface area contributed by atoms with Crippen molar-refractivity contribution < 1.29 is 19.4 Å². The van der Waals surface area contributed by atoms with Gasteiger partial charge in [0.25, 0.3) is 0 Å². The molecule has 2 heterocycles. The highest BCUT2D eigenvalue weighted by molar-refractivity contribution is 5.86. The summed E-state index contributed by atoms with van der Waals surface area (Å²) in [6.07, 6.45) is 1.02. The molecule has 0 aliphatic rings. The monoisotopic (exact) mass is 288 g/mol. The van der Waals surface area contributed by atoms with Gasteiger partial charge in [0.15, 0.2) is 0 Å². The zero-order valence-corrected chi connectivity index (χ0v) is 12.0. The normalized spacial score (nSPS) is 11.2. The Bertz CT molecular complexity index is 683. The topological polar surface area (TPSA) is 81.4 Å². The summed E-state index contributed by atoms with van der Waals surface area (Å²) in [4.78, 5) is 27.1. The Labute approximate surface area is 122 Å². The van der Waals surface area contributed by atoms with Gasteiger partial charge in [-0.1, -0.05) is 6.07 Å². The molecule has 0 unspecified atom stereocenters. The first-order chi connectivity index (χ1) is 9.78. The SMILES string of the molecule is CC(C)(C)OC(=O)n1cccc1-c1cccc(C(=O)O)n1. The van der Waals surface area contributed by atoms with E-state index in [1.54, 1.807) is 51.2 Å². The standard InChI is InChI=1S/C15H16N2O4/c1-15(2,3)21-14(20)17-9-5-8-12(17)10-6-4-7-11(16-10)13(18)19/h4-9H,1-3H3,(H,18,19). The molecular formula is C15H16N2O4. The van der Waals surface area contributed by atoms with E-state index in [0.717, 1.165) is 0 Å². The number of nitrogens with zero attached hydrogens (tertiary/aromatic N) is 2. The van der Waals surface area contributed by atoms with Crippen LogP contribution in [0.3, 0.4) is 0 Å². The summed E-state index contributed by atoms with van der Waals surface area (Å²) in [7, 11) is 0. The number of hydrogen-bond donors (Lipinski definition) is 1. The minimum atomic E-state index is -1.12. The fourth-order valence-electron chi connectivity index (χ4n) is 1.76. The van der Waals surface area contributed by atoms with Gasteiger partial charge in [0.2, 0.25) is 0 Å². The summed E-state index contributed by atoms with van der Waals surface area (Å²) >= 11 is 0. The Morgan fingerprint density at radius 1 is 1.19 bits per heavy atom. The molecule has 2 aromatic heterocycles. The summed E-state index contributed by atoms with van der Waals surface area (Å²) in [5, 5.41) is 8.98. The van der Waals surface area contributed by atoms with Gasteiger partial charge in [0.1, 0.15) is 11.3 Å². The van der Waals surface area contributed by atoms with E-state index in [4.69, 9.17) is 9.84 Å². The Hall–Kier alpha value is -2.63. The largest absolute Gasteiger partial charge is 0.477 e. The molecule has 0 bridgehead atoms. The maximum Gasteiger partial charge on any atom is 0.419 e. The zero-order chi connectivity index (χ0) is 15.6. The van der Waals surface area contributed by atoms with Gasteiger partial charge in [-0.15, -0.1) is 0 Å². The van der Waals surface area contributed by atoms with Gasteiger partial charge in [-0.25, -0.2) is 14.6 Å². The third-order valence-electron chi connectivity index (χ3n) is 2.57. The number of carbonyl (C=O) groups excluding carboxylic acids is 1. The molecule has 110 valence electrons. The predicted octanol–water partition coefficient (Wildman–Crippen LogP) is 3.03. The summed E-state index contributed by atoms with van der Waals surface area (Å²) in [5.41, 5.74) is 0.178. The van der Waals surface area contributed by atoms with Crippen LogP contribution in [0.2, 0.25) is 0 Å². The second-order valence-electron chi connectivity index (χ2n) is 5.46. The molecule has 0 spiro atoms. The van der Waals surface area contributed by atoms with E-state index in [9.17, 15) is 9.59 Å². The van der Waals surface area contributed by atoms with Crippen LogP contribution in [0.5, 0.6) is 0 Å². The second kappa shape index (κ2) is 5.40. The van der Waals surface area contributed by atoms with Crippen molar-refractivity contribution in [1.29, 1.82) is 0 Å². The first-order valence-electron chi connectivity index (χ1n) is 6.39. The number of carboxylic acids is 1. The molecule has 0 atom stereocenters. The number of hydrogen-bond acceptors (Lipinski definition) is 4. The van der Waals surface area contributed by atoms with E-state index in [0.29, 0.717) is 11.4 Å². The van der Waals surface area contributed by atoms with Crippen molar-refractivity contribution in [3.63, 3.8) is 0 Å². The summed E-state index contributed by atoms with van der Waals surface area (Å²) in [6.45, 7) is 5.33. The van der Waals surface area contributed by atoms with Gasteiger partial charge in [0, 0.05) is 6.20 Å². The maximum absolute atomic E-state index is 12.1. The van der Waals surface area contributed by atoms with E-state index in [1.165, 1.54) is 10.6 Å². The van der Waals surface area contributed by atoms with Crippen LogP contribution >= 0.6 is 0 Å². The van der Waals surface area contributed by atoms with Crippen LogP contribution in [-0.4, -0.2) is 32.3 Å². The van der Waals surface area contributed by atoms with Gasteiger partial charge in [-0.05, 0) is 45.0 Å². The Morgan fingerprint density at radius 3 is 2.52 bits per heavy atom. The summed E-state index contributed by atoms with van der Waals surface area (Å²) in [6, 6.07) is 7.97. The highest BCUT2D eigenvalue weighted by atomic mass is 16.6. The number of pyridine rings is 1. The van der Waals surface area contributed by atoms with Crippen LogP contribution in [0, 0.1) is 0 Å². The smallest absolute Gasteiger partial charge is 0.419 e. The first-order valence-corrected chi connectivity index (χ1v) is 6.39. The van der Waals surface area contributed by atoms with Crippen LogP contribution in [0.25, 0.3) is 11.4 Å². The van der Waals surface area contributed by atoms with Gasteiger partial charge in [-0.2, -0.15) is 0 Å². The number of aromatic nitrogens is 2. The molecule has 0 aliphatic heterocycles. The molecule has 2 rings (SSSR count). The van der Waals surface area contributed by atoms with Crippen LogP contribution in [0.1, 0.15) is 31.3 Å². The minimum absolute atomic E-state index is 0.0792. The average molecular weight is 288 g/mol. The van der Waals surface area contributed by atoms with Crippen LogP contribution in [0.15, 0.2) is 36.5 Å².